The molecule has 172 valence electrons. The van der Waals surface area contributed by atoms with Crippen molar-refractivity contribution in [1.82, 2.24) is 9.88 Å². The molecule has 1 aliphatic heterocycles. The van der Waals surface area contributed by atoms with E-state index in [1.54, 1.807) is 31.5 Å². The summed E-state index contributed by atoms with van der Waals surface area (Å²) in [7, 11) is 1.57. The van der Waals surface area contributed by atoms with Crippen LogP contribution in [0.5, 0.6) is 5.75 Å². The number of aromatic amines is 1. The lowest BCUT2D eigenvalue weighted by molar-refractivity contribution is -0.140. The number of aryl methyl sites for hydroxylation is 1. The van der Waals surface area contributed by atoms with Crippen LogP contribution < -0.4 is 4.74 Å². The second-order valence-electron chi connectivity index (χ2n) is 8.39. The molecule has 2 aromatic carbocycles. The number of amides is 1. The van der Waals surface area contributed by atoms with Gasteiger partial charge in [-0.2, -0.15) is 0 Å². The third-order valence-corrected chi connectivity index (χ3v) is 5.91. The fourth-order valence-corrected chi connectivity index (χ4v) is 4.32. The Kier molecular flexibility index (Phi) is 6.24. The molecule has 1 aromatic heterocycles. The molecular formula is C26H28N2O5. The third kappa shape index (κ3) is 4.12. The number of hydrogen-bond donors (Lipinski definition) is 2. The van der Waals surface area contributed by atoms with Crippen molar-refractivity contribution in [2.45, 2.75) is 32.9 Å². The molecule has 3 aromatic rings. The van der Waals surface area contributed by atoms with Crippen LogP contribution in [-0.2, 0) is 14.3 Å². The highest BCUT2D eigenvalue weighted by molar-refractivity contribution is 6.46. The fourth-order valence-electron chi connectivity index (χ4n) is 4.32. The first-order valence-corrected chi connectivity index (χ1v) is 10.9. The minimum absolute atomic E-state index is 0.00404. The minimum Gasteiger partial charge on any atom is -0.507 e. The van der Waals surface area contributed by atoms with E-state index in [9.17, 15) is 14.7 Å². The van der Waals surface area contributed by atoms with E-state index in [4.69, 9.17) is 9.47 Å². The van der Waals surface area contributed by atoms with E-state index in [0.29, 0.717) is 11.3 Å². The van der Waals surface area contributed by atoms with E-state index < -0.39 is 17.7 Å². The molecule has 7 nitrogen and oxygen atoms in total. The average molecular weight is 449 g/mol. The number of carbonyl (C=O) groups is 2. The first kappa shape index (κ1) is 22.6. The number of benzene rings is 2. The number of Topliss-reactive ketones (excluding diaryl/α,β-unsaturated/α-hetero) is 1. The summed E-state index contributed by atoms with van der Waals surface area (Å²) in [5.41, 5.74) is 2.97. The van der Waals surface area contributed by atoms with Gasteiger partial charge in [0.1, 0.15) is 11.5 Å². The van der Waals surface area contributed by atoms with Crippen molar-refractivity contribution >= 4 is 28.4 Å². The van der Waals surface area contributed by atoms with Crippen LogP contribution in [0.4, 0.5) is 0 Å². The van der Waals surface area contributed by atoms with Gasteiger partial charge in [0.2, 0.25) is 0 Å². The molecule has 1 unspecified atom stereocenters. The van der Waals surface area contributed by atoms with Gasteiger partial charge in [0, 0.05) is 34.8 Å². The second-order valence-corrected chi connectivity index (χ2v) is 8.39. The molecule has 33 heavy (non-hydrogen) atoms. The Morgan fingerprint density at radius 3 is 2.64 bits per heavy atom. The molecular weight excluding hydrogens is 420 g/mol. The summed E-state index contributed by atoms with van der Waals surface area (Å²) in [5, 5.41) is 12.2. The van der Waals surface area contributed by atoms with Gasteiger partial charge in [-0.1, -0.05) is 18.2 Å². The number of likely N-dealkylation sites (tertiary alicyclic amines) is 1. The number of H-pyrrole nitrogens is 1. The molecule has 4 rings (SSSR count). The molecule has 0 saturated carbocycles. The number of nitrogens with zero attached hydrogens (tertiary/aromatic N) is 1. The number of fused-ring (bicyclic) bond motifs is 1. The van der Waals surface area contributed by atoms with Gasteiger partial charge in [0.25, 0.3) is 11.7 Å². The molecule has 0 bridgehead atoms. The molecule has 1 atom stereocenters. The largest absolute Gasteiger partial charge is 0.507 e. The first-order valence-electron chi connectivity index (χ1n) is 10.9. The highest BCUT2D eigenvalue weighted by Gasteiger charge is 2.46. The number of nitrogens with one attached hydrogen (secondary N) is 1. The number of aliphatic hydroxyl groups is 1. The van der Waals surface area contributed by atoms with Crippen LogP contribution in [0, 0.1) is 6.92 Å². The van der Waals surface area contributed by atoms with Crippen molar-refractivity contribution in [3.63, 3.8) is 0 Å². The van der Waals surface area contributed by atoms with Gasteiger partial charge in [0.15, 0.2) is 0 Å². The van der Waals surface area contributed by atoms with Gasteiger partial charge >= 0.3 is 0 Å². The van der Waals surface area contributed by atoms with Crippen LogP contribution in [0.1, 0.15) is 36.6 Å². The second kappa shape index (κ2) is 9.11. The zero-order valence-corrected chi connectivity index (χ0v) is 19.2. The maximum absolute atomic E-state index is 13.2. The molecule has 2 N–H and O–H groups in total. The number of ether oxygens (including phenoxy) is 2. The summed E-state index contributed by atoms with van der Waals surface area (Å²) in [4.78, 5) is 31.0. The average Bonchev–Trinajstić information content (AvgIpc) is 3.32. The number of aromatic nitrogens is 1. The number of ketones is 1. The molecule has 2 heterocycles. The summed E-state index contributed by atoms with van der Waals surface area (Å²) in [6, 6.07) is 12.1. The van der Waals surface area contributed by atoms with Gasteiger partial charge in [-0.3, -0.25) is 9.59 Å². The molecule has 1 fully saturated rings. The van der Waals surface area contributed by atoms with E-state index in [-0.39, 0.29) is 30.6 Å². The first-order chi connectivity index (χ1) is 15.8. The normalized spacial score (nSPS) is 18.0. The van der Waals surface area contributed by atoms with Gasteiger partial charge in [0.05, 0.1) is 31.4 Å². The Morgan fingerprint density at radius 1 is 1.18 bits per heavy atom. The van der Waals surface area contributed by atoms with Gasteiger partial charge in [-0.15, -0.1) is 0 Å². The zero-order chi connectivity index (χ0) is 23.7. The van der Waals surface area contributed by atoms with Crippen LogP contribution in [0.15, 0.2) is 54.2 Å². The van der Waals surface area contributed by atoms with Gasteiger partial charge in [-0.25, -0.2) is 0 Å². The van der Waals surface area contributed by atoms with Gasteiger partial charge in [-0.05, 0) is 50.6 Å². The van der Waals surface area contributed by atoms with Crippen LogP contribution in [0.25, 0.3) is 16.7 Å². The predicted octanol–water partition coefficient (Wildman–Crippen LogP) is 4.33. The number of aliphatic hydroxyl groups excluding tert-OH is 1. The van der Waals surface area contributed by atoms with Crippen molar-refractivity contribution in [1.29, 1.82) is 0 Å². The monoisotopic (exact) mass is 448 g/mol. The highest BCUT2D eigenvalue weighted by atomic mass is 16.5. The third-order valence-electron chi connectivity index (χ3n) is 5.91. The highest BCUT2D eigenvalue weighted by Crippen LogP contribution is 2.42. The molecule has 0 radical (unpaired) electrons. The molecule has 1 amide bonds. The predicted molar refractivity (Wildman–Crippen MR) is 126 cm³/mol. The van der Waals surface area contributed by atoms with E-state index in [1.807, 2.05) is 45.0 Å². The van der Waals surface area contributed by atoms with E-state index in [2.05, 4.69) is 4.98 Å². The number of carbonyl (C=O) groups excluding carboxylic acids is 2. The summed E-state index contributed by atoms with van der Waals surface area (Å²) in [6.45, 7) is 6.19. The van der Waals surface area contributed by atoms with Crippen LogP contribution in [-0.4, -0.2) is 53.0 Å². The topological polar surface area (TPSA) is 91.9 Å². The standard InChI is InChI=1S/C26H28N2O5/c1-15(2)33-12-11-28-23(19-14-27-20-8-6-5-7-18(19)20)22(25(30)26(28)31)24(29)17-9-10-21(32-4)16(3)13-17/h5-10,13-15,23,27,29H,11-12H2,1-4H3/b24-22+. The summed E-state index contributed by atoms with van der Waals surface area (Å²) in [6.07, 6.45) is 1.79. The quantitative estimate of drug-likeness (QED) is 0.319. The number of hydrogen-bond acceptors (Lipinski definition) is 5. The Balaban J connectivity index is 1.86. The zero-order valence-electron chi connectivity index (χ0n) is 19.2. The number of rotatable bonds is 7. The summed E-state index contributed by atoms with van der Waals surface area (Å²) < 4.78 is 11.0. The Bertz CT molecular complexity index is 1240. The SMILES string of the molecule is COc1ccc(/C(O)=C2\C(=O)C(=O)N(CCOC(C)C)C2c2c[nH]c3ccccc23)cc1C. The number of para-hydroxylation sites is 1. The summed E-state index contributed by atoms with van der Waals surface area (Å²) >= 11 is 0. The van der Waals surface area contributed by atoms with Crippen LogP contribution in [0.3, 0.4) is 0 Å². The van der Waals surface area contributed by atoms with E-state index in [1.165, 1.54) is 4.90 Å². The van der Waals surface area contributed by atoms with Crippen molar-refractivity contribution in [3.8, 4) is 5.75 Å². The maximum Gasteiger partial charge on any atom is 0.295 e. The number of methoxy groups -OCH3 is 1. The molecule has 1 aliphatic rings. The Morgan fingerprint density at radius 2 is 1.94 bits per heavy atom. The van der Waals surface area contributed by atoms with Crippen molar-refractivity contribution in [2.75, 3.05) is 20.3 Å². The lowest BCUT2D eigenvalue weighted by atomic mass is 9.94. The van der Waals surface area contributed by atoms with Crippen molar-refractivity contribution in [3.05, 3.63) is 70.9 Å². The van der Waals surface area contributed by atoms with E-state index in [0.717, 1.165) is 22.0 Å². The van der Waals surface area contributed by atoms with Crippen LogP contribution >= 0.6 is 0 Å². The smallest absolute Gasteiger partial charge is 0.295 e. The van der Waals surface area contributed by atoms with Crippen LogP contribution in [0.2, 0.25) is 0 Å². The molecule has 1 saturated heterocycles. The van der Waals surface area contributed by atoms with E-state index >= 15 is 0 Å². The maximum atomic E-state index is 13.2. The summed E-state index contributed by atoms with van der Waals surface area (Å²) in [5.74, 6) is -0.891. The Labute approximate surface area is 192 Å². The minimum atomic E-state index is -0.737. The van der Waals surface area contributed by atoms with Gasteiger partial charge < -0.3 is 24.5 Å². The Hall–Kier alpha value is -3.58. The molecule has 0 spiro atoms. The molecule has 7 heteroatoms. The lowest BCUT2D eigenvalue weighted by Crippen LogP contribution is -2.33. The van der Waals surface area contributed by atoms with Crippen molar-refractivity contribution in [2.24, 2.45) is 0 Å². The lowest BCUT2D eigenvalue weighted by Gasteiger charge is -2.25. The van der Waals surface area contributed by atoms with Crippen molar-refractivity contribution < 1.29 is 24.2 Å². The fraction of sp³-hybridized carbons (Fsp3) is 0.308. The molecule has 0 aliphatic carbocycles.